The Hall–Kier alpha value is -0.340. The summed E-state index contributed by atoms with van der Waals surface area (Å²) in [6, 6.07) is 0. The van der Waals surface area contributed by atoms with Gasteiger partial charge in [-0.3, -0.25) is 0 Å². The number of hydrogen-bond donors (Lipinski definition) is 0. The highest BCUT2D eigenvalue weighted by Crippen LogP contribution is 2.15. The first-order valence-electron chi connectivity index (χ1n) is 4.87. The van der Waals surface area contributed by atoms with Crippen LogP contribution in [0, 0.1) is 0 Å². The first-order valence-corrected chi connectivity index (χ1v) is 4.87. The molecule has 1 rings (SSSR count). The molecule has 0 aliphatic carbocycles. The molecular formula is C10H18O2. The Labute approximate surface area is 74.5 Å². The quantitative estimate of drug-likeness (QED) is 0.477. The van der Waals surface area contributed by atoms with E-state index in [1.807, 2.05) is 0 Å². The van der Waals surface area contributed by atoms with Gasteiger partial charge in [-0.1, -0.05) is 38.8 Å². The fourth-order valence-corrected chi connectivity index (χ4v) is 1.31. The van der Waals surface area contributed by atoms with Crippen LogP contribution in [0.3, 0.4) is 0 Å². The van der Waals surface area contributed by atoms with E-state index in [4.69, 9.17) is 9.78 Å². The predicted molar refractivity (Wildman–Crippen MR) is 48.7 cm³/mol. The van der Waals surface area contributed by atoms with Crippen LogP contribution < -0.4 is 0 Å². The molecule has 0 saturated heterocycles. The lowest BCUT2D eigenvalue weighted by molar-refractivity contribution is -0.341. The molecule has 0 unspecified atom stereocenters. The molecule has 0 aromatic rings. The van der Waals surface area contributed by atoms with Crippen LogP contribution in [0.15, 0.2) is 12.2 Å². The van der Waals surface area contributed by atoms with Crippen LogP contribution >= 0.6 is 0 Å². The molecule has 0 aromatic heterocycles. The zero-order valence-corrected chi connectivity index (χ0v) is 7.95. The summed E-state index contributed by atoms with van der Waals surface area (Å²) < 4.78 is 0. The first-order chi connectivity index (χ1) is 5.86. The zero-order valence-electron chi connectivity index (χ0n) is 7.95. The molecule has 2 atom stereocenters. The van der Waals surface area contributed by atoms with Crippen molar-refractivity contribution in [2.75, 3.05) is 0 Å². The van der Waals surface area contributed by atoms with E-state index in [-0.39, 0.29) is 12.2 Å². The fourth-order valence-electron chi connectivity index (χ4n) is 1.31. The molecule has 0 radical (unpaired) electrons. The minimum absolute atomic E-state index is 0.183. The van der Waals surface area contributed by atoms with Gasteiger partial charge in [0.15, 0.2) is 0 Å². The van der Waals surface area contributed by atoms with Crippen molar-refractivity contribution in [1.29, 1.82) is 0 Å². The van der Waals surface area contributed by atoms with Crippen molar-refractivity contribution in [1.82, 2.24) is 0 Å². The van der Waals surface area contributed by atoms with Crippen molar-refractivity contribution in [2.45, 2.75) is 51.7 Å². The molecule has 0 amide bonds. The van der Waals surface area contributed by atoms with Crippen LogP contribution in [0.25, 0.3) is 0 Å². The normalized spacial score (nSPS) is 29.2. The topological polar surface area (TPSA) is 18.5 Å². The molecule has 70 valence electrons. The van der Waals surface area contributed by atoms with Gasteiger partial charge in [-0.25, -0.2) is 9.78 Å². The maximum atomic E-state index is 5.20. The van der Waals surface area contributed by atoms with Crippen LogP contribution in [0.4, 0.5) is 0 Å². The van der Waals surface area contributed by atoms with Gasteiger partial charge in [0.1, 0.15) is 12.2 Å². The van der Waals surface area contributed by atoms with Gasteiger partial charge in [0.25, 0.3) is 0 Å². The molecule has 0 bridgehead atoms. The summed E-state index contributed by atoms with van der Waals surface area (Å²) in [6.45, 7) is 4.30. The minimum atomic E-state index is 0.183. The third-order valence-electron chi connectivity index (χ3n) is 1.99. The Balaban J connectivity index is 2.26. The minimum Gasteiger partial charge on any atom is -0.229 e. The summed E-state index contributed by atoms with van der Waals surface area (Å²) in [5, 5.41) is 0. The number of rotatable bonds is 4. The lowest BCUT2D eigenvalue weighted by Crippen LogP contribution is -2.22. The predicted octanol–water partition coefficient (Wildman–Crippen LogP) is 2.84. The first kappa shape index (κ1) is 9.75. The largest absolute Gasteiger partial charge is 0.229 e. The maximum Gasteiger partial charge on any atom is 0.111 e. The molecule has 12 heavy (non-hydrogen) atoms. The van der Waals surface area contributed by atoms with Crippen LogP contribution in [0.1, 0.15) is 39.5 Å². The van der Waals surface area contributed by atoms with Gasteiger partial charge in [-0.15, -0.1) is 0 Å². The molecule has 0 spiro atoms. The van der Waals surface area contributed by atoms with Crippen molar-refractivity contribution in [3.8, 4) is 0 Å². The van der Waals surface area contributed by atoms with E-state index < -0.39 is 0 Å². The Morgan fingerprint density at radius 3 is 1.58 bits per heavy atom. The monoisotopic (exact) mass is 170 g/mol. The Bertz CT molecular complexity index is 127. The molecule has 1 aliphatic heterocycles. The summed E-state index contributed by atoms with van der Waals surface area (Å²) >= 11 is 0. The summed E-state index contributed by atoms with van der Waals surface area (Å²) in [5.41, 5.74) is 0. The molecule has 2 nitrogen and oxygen atoms in total. The maximum absolute atomic E-state index is 5.20. The van der Waals surface area contributed by atoms with Crippen molar-refractivity contribution in [3.63, 3.8) is 0 Å². The van der Waals surface area contributed by atoms with E-state index in [2.05, 4.69) is 26.0 Å². The standard InChI is InChI=1S/C10H18O2/c1-3-5-9-7-8-10(6-4-2)12-11-9/h7-10H,3-6H2,1-2H3/t9-,10+. The zero-order chi connectivity index (χ0) is 8.81. The highest BCUT2D eigenvalue weighted by molar-refractivity contribution is 4.96. The van der Waals surface area contributed by atoms with E-state index in [0.717, 1.165) is 25.7 Å². The van der Waals surface area contributed by atoms with E-state index in [9.17, 15) is 0 Å². The van der Waals surface area contributed by atoms with Crippen molar-refractivity contribution < 1.29 is 9.78 Å². The Kier molecular flexibility index (Phi) is 4.33. The second-order valence-electron chi connectivity index (χ2n) is 3.23. The second kappa shape index (κ2) is 5.33. The molecule has 1 heterocycles. The highest BCUT2D eigenvalue weighted by Gasteiger charge is 2.15. The van der Waals surface area contributed by atoms with Gasteiger partial charge in [0, 0.05) is 0 Å². The van der Waals surface area contributed by atoms with Gasteiger partial charge < -0.3 is 0 Å². The average molecular weight is 170 g/mol. The van der Waals surface area contributed by atoms with Gasteiger partial charge in [-0.05, 0) is 12.8 Å². The summed E-state index contributed by atoms with van der Waals surface area (Å²) in [4.78, 5) is 10.4. The third kappa shape index (κ3) is 2.95. The fraction of sp³-hybridized carbons (Fsp3) is 0.800. The van der Waals surface area contributed by atoms with E-state index in [0.29, 0.717) is 0 Å². The molecule has 0 fully saturated rings. The van der Waals surface area contributed by atoms with Gasteiger partial charge in [0.2, 0.25) is 0 Å². The SMILES string of the molecule is CCC[C@H]1C=C[C@@H](CCC)OO1. The van der Waals surface area contributed by atoms with Crippen LogP contribution in [0.5, 0.6) is 0 Å². The van der Waals surface area contributed by atoms with Crippen molar-refractivity contribution in [2.24, 2.45) is 0 Å². The van der Waals surface area contributed by atoms with Crippen LogP contribution in [-0.4, -0.2) is 12.2 Å². The Morgan fingerprint density at radius 1 is 0.917 bits per heavy atom. The van der Waals surface area contributed by atoms with Gasteiger partial charge in [-0.2, -0.15) is 0 Å². The van der Waals surface area contributed by atoms with Crippen molar-refractivity contribution >= 4 is 0 Å². The lowest BCUT2D eigenvalue weighted by Gasteiger charge is -2.21. The average Bonchev–Trinajstić information content (AvgIpc) is 2.09. The summed E-state index contributed by atoms with van der Waals surface area (Å²) in [6.07, 6.45) is 8.98. The van der Waals surface area contributed by atoms with Crippen LogP contribution in [0.2, 0.25) is 0 Å². The molecule has 2 heteroatoms. The van der Waals surface area contributed by atoms with E-state index in [1.54, 1.807) is 0 Å². The molecule has 0 N–H and O–H groups in total. The van der Waals surface area contributed by atoms with Crippen LogP contribution in [-0.2, 0) is 9.78 Å². The third-order valence-corrected chi connectivity index (χ3v) is 1.99. The van der Waals surface area contributed by atoms with Gasteiger partial charge in [0.05, 0.1) is 0 Å². The lowest BCUT2D eigenvalue weighted by atomic mass is 10.1. The van der Waals surface area contributed by atoms with E-state index in [1.165, 1.54) is 0 Å². The second-order valence-corrected chi connectivity index (χ2v) is 3.23. The summed E-state index contributed by atoms with van der Waals surface area (Å²) in [5.74, 6) is 0. The molecule has 0 aromatic carbocycles. The van der Waals surface area contributed by atoms with Gasteiger partial charge >= 0.3 is 0 Å². The van der Waals surface area contributed by atoms with E-state index >= 15 is 0 Å². The molecule has 0 saturated carbocycles. The Morgan fingerprint density at radius 2 is 1.33 bits per heavy atom. The number of hydrogen-bond acceptors (Lipinski definition) is 2. The highest BCUT2D eigenvalue weighted by atomic mass is 17.2. The summed E-state index contributed by atoms with van der Waals surface area (Å²) in [7, 11) is 0. The molecular weight excluding hydrogens is 152 g/mol. The smallest absolute Gasteiger partial charge is 0.111 e. The molecule has 1 aliphatic rings. The van der Waals surface area contributed by atoms with Crippen molar-refractivity contribution in [3.05, 3.63) is 12.2 Å².